The summed E-state index contributed by atoms with van der Waals surface area (Å²) in [6.45, 7) is 0. The molecule has 21 heavy (non-hydrogen) atoms. The zero-order valence-electron chi connectivity index (χ0n) is 11.5. The van der Waals surface area contributed by atoms with Crippen LogP contribution in [0.2, 0.25) is 0 Å². The van der Waals surface area contributed by atoms with E-state index in [0.717, 1.165) is 30.5 Å². The number of rotatable bonds is 2. The van der Waals surface area contributed by atoms with Gasteiger partial charge in [-0.2, -0.15) is 5.10 Å². The minimum Gasteiger partial charge on any atom is -0.267 e. The van der Waals surface area contributed by atoms with Crippen molar-refractivity contribution in [1.29, 1.82) is 0 Å². The quantitative estimate of drug-likeness (QED) is 0.844. The maximum Gasteiger partial charge on any atom is 0.274 e. The lowest BCUT2D eigenvalue weighted by Gasteiger charge is -2.17. The molecular weight excluding hydrogens is 267 g/mol. The first-order valence-corrected chi connectivity index (χ1v) is 6.95. The van der Waals surface area contributed by atoms with E-state index in [-0.39, 0.29) is 5.56 Å². The third-order valence-corrected chi connectivity index (χ3v) is 3.60. The van der Waals surface area contributed by atoms with Crippen LogP contribution in [0.3, 0.4) is 0 Å². The van der Waals surface area contributed by atoms with Gasteiger partial charge < -0.3 is 0 Å². The number of fused-ring (bicyclic) bond motifs is 1. The SMILES string of the molecule is O=C(N/N=C1/CCCc2ccccc21)c1ccccc1F. The fraction of sp³-hybridized carbons (Fsp3) is 0.176. The Morgan fingerprint density at radius 2 is 1.81 bits per heavy atom. The molecule has 2 aromatic rings. The molecule has 0 atom stereocenters. The molecule has 0 bridgehead atoms. The van der Waals surface area contributed by atoms with Crippen molar-refractivity contribution >= 4 is 11.6 Å². The molecule has 0 heterocycles. The van der Waals surface area contributed by atoms with Gasteiger partial charge in [0.05, 0.1) is 11.3 Å². The number of nitrogens with one attached hydrogen (secondary N) is 1. The fourth-order valence-electron chi connectivity index (χ4n) is 2.54. The molecule has 0 fully saturated rings. The number of hydrogen-bond acceptors (Lipinski definition) is 2. The highest BCUT2D eigenvalue weighted by molar-refractivity contribution is 6.04. The summed E-state index contributed by atoms with van der Waals surface area (Å²) in [6, 6.07) is 13.9. The molecule has 0 aromatic heterocycles. The lowest BCUT2D eigenvalue weighted by molar-refractivity contribution is 0.0950. The Morgan fingerprint density at radius 3 is 2.67 bits per heavy atom. The number of aryl methyl sites for hydroxylation is 1. The van der Waals surface area contributed by atoms with E-state index in [1.807, 2.05) is 18.2 Å². The number of hydrazone groups is 1. The molecule has 106 valence electrons. The number of nitrogens with zero attached hydrogens (tertiary/aromatic N) is 1. The molecule has 1 aliphatic carbocycles. The van der Waals surface area contributed by atoms with Crippen LogP contribution < -0.4 is 5.43 Å². The smallest absolute Gasteiger partial charge is 0.267 e. The summed E-state index contributed by atoms with van der Waals surface area (Å²) in [7, 11) is 0. The standard InChI is InChI=1S/C17H15FN2O/c18-15-10-4-3-9-14(15)17(21)20-19-16-11-5-7-12-6-1-2-8-13(12)16/h1-4,6,8-10H,5,7,11H2,(H,20,21)/b19-16-. The molecular formula is C17H15FN2O. The van der Waals surface area contributed by atoms with Crippen LogP contribution in [0, 0.1) is 5.82 Å². The lowest BCUT2D eigenvalue weighted by Crippen LogP contribution is -2.22. The van der Waals surface area contributed by atoms with Crippen LogP contribution in [0.4, 0.5) is 4.39 Å². The van der Waals surface area contributed by atoms with Gasteiger partial charge in [0.15, 0.2) is 0 Å². The molecule has 0 unspecified atom stereocenters. The van der Waals surface area contributed by atoms with Gasteiger partial charge in [-0.25, -0.2) is 9.82 Å². The van der Waals surface area contributed by atoms with Crippen LogP contribution >= 0.6 is 0 Å². The number of amides is 1. The Bertz CT molecular complexity index is 709. The molecule has 1 N–H and O–H groups in total. The average Bonchev–Trinajstić information content (AvgIpc) is 2.53. The lowest BCUT2D eigenvalue weighted by atomic mass is 9.90. The largest absolute Gasteiger partial charge is 0.274 e. The van der Waals surface area contributed by atoms with Gasteiger partial charge in [-0.15, -0.1) is 0 Å². The summed E-state index contributed by atoms with van der Waals surface area (Å²) >= 11 is 0. The second-order valence-electron chi connectivity index (χ2n) is 4.99. The van der Waals surface area contributed by atoms with Gasteiger partial charge >= 0.3 is 0 Å². The van der Waals surface area contributed by atoms with E-state index in [1.165, 1.54) is 17.7 Å². The molecule has 4 heteroatoms. The van der Waals surface area contributed by atoms with E-state index in [2.05, 4.69) is 16.6 Å². The maximum absolute atomic E-state index is 13.5. The van der Waals surface area contributed by atoms with Gasteiger partial charge in [0.2, 0.25) is 0 Å². The Balaban J connectivity index is 1.82. The van der Waals surface area contributed by atoms with E-state index in [0.29, 0.717) is 0 Å². The fourth-order valence-corrected chi connectivity index (χ4v) is 2.54. The van der Waals surface area contributed by atoms with Crippen molar-refractivity contribution in [1.82, 2.24) is 5.43 Å². The van der Waals surface area contributed by atoms with Gasteiger partial charge in [0.25, 0.3) is 5.91 Å². The number of carbonyl (C=O) groups is 1. The third-order valence-electron chi connectivity index (χ3n) is 3.60. The van der Waals surface area contributed by atoms with E-state index in [9.17, 15) is 9.18 Å². The summed E-state index contributed by atoms with van der Waals surface area (Å²) in [5.41, 5.74) is 5.62. The monoisotopic (exact) mass is 282 g/mol. The van der Waals surface area contributed by atoms with Crippen molar-refractivity contribution in [3.63, 3.8) is 0 Å². The van der Waals surface area contributed by atoms with E-state index < -0.39 is 11.7 Å². The molecule has 1 aliphatic rings. The van der Waals surface area contributed by atoms with E-state index in [1.54, 1.807) is 12.1 Å². The minimum atomic E-state index is -0.542. The molecule has 3 rings (SSSR count). The summed E-state index contributed by atoms with van der Waals surface area (Å²) < 4.78 is 13.5. The summed E-state index contributed by atoms with van der Waals surface area (Å²) in [6.07, 6.45) is 2.84. The van der Waals surface area contributed by atoms with E-state index >= 15 is 0 Å². The molecule has 2 aromatic carbocycles. The van der Waals surface area contributed by atoms with Gasteiger partial charge in [-0.3, -0.25) is 4.79 Å². The van der Waals surface area contributed by atoms with Crippen LogP contribution in [0.25, 0.3) is 0 Å². The van der Waals surface area contributed by atoms with Crippen LogP contribution in [-0.4, -0.2) is 11.6 Å². The van der Waals surface area contributed by atoms with Gasteiger partial charge in [0, 0.05) is 5.56 Å². The predicted octanol–water partition coefficient (Wildman–Crippen LogP) is 3.30. The predicted molar refractivity (Wildman–Crippen MR) is 79.8 cm³/mol. The van der Waals surface area contributed by atoms with Crippen molar-refractivity contribution in [3.8, 4) is 0 Å². The van der Waals surface area contributed by atoms with Gasteiger partial charge in [0.1, 0.15) is 5.82 Å². The van der Waals surface area contributed by atoms with Crippen LogP contribution in [0.5, 0.6) is 0 Å². The van der Waals surface area contributed by atoms with Crippen molar-refractivity contribution < 1.29 is 9.18 Å². The Labute approximate surface area is 122 Å². The number of carbonyl (C=O) groups excluding carboxylic acids is 1. The Kier molecular flexibility index (Phi) is 3.77. The second kappa shape index (κ2) is 5.87. The highest BCUT2D eigenvalue weighted by Crippen LogP contribution is 2.21. The Hall–Kier alpha value is -2.49. The van der Waals surface area contributed by atoms with Gasteiger partial charge in [-0.1, -0.05) is 36.4 Å². The topological polar surface area (TPSA) is 41.5 Å². The molecule has 0 saturated heterocycles. The Morgan fingerprint density at radius 1 is 1.05 bits per heavy atom. The number of halogens is 1. The summed E-state index contributed by atoms with van der Waals surface area (Å²) in [5.74, 6) is -1.07. The van der Waals surface area contributed by atoms with E-state index in [4.69, 9.17) is 0 Å². The normalized spacial score (nSPS) is 15.6. The summed E-state index contributed by atoms with van der Waals surface area (Å²) in [5, 5.41) is 4.19. The maximum atomic E-state index is 13.5. The minimum absolute atomic E-state index is 0.00550. The molecule has 3 nitrogen and oxygen atoms in total. The summed E-state index contributed by atoms with van der Waals surface area (Å²) in [4.78, 5) is 12.0. The molecule has 0 saturated carbocycles. The average molecular weight is 282 g/mol. The first kappa shape index (κ1) is 13.5. The zero-order valence-corrected chi connectivity index (χ0v) is 11.5. The highest BCUT2D eigenvalue weighted by atomic mass is 19.1. The number of hydrogen-bond donors (Lipinski definition) is 1. The molecule has 0 spiro atoms. The zero-order chi connectivity index (χ0) is 14.7. The van der Waals surface area contributed by atoms with Crippen molar-refractivity contribution in [2.24, 2.45) is 5.10 Å². The third kappa shape index (κ3) is 2.84. The first-order valence-electron chi connectivity index (χ1n) is 6.95. The number of benzene rings is 2. The van der Waals surface area contributed by atoms with Gasteiger partial charge in [-0.05, 0) is 37.0 Å². The molecule has 0 radical (unpaired) electrons. The van der Waals surface area contributed by atoms with Crippen LogP contribution in [0.1, 0.15) is 34.3 Å². The first-order chi connectivity index (χ1) is 10.3. The molecule has 1 amide bonds. The highest BCUT2D eigenvalue weighted by Gasteiger charge is 2.16. The second-order valence-corrected chi connectivity index (χ2v) is 4.99. The van der Waals surface area contributed by atoms with Crippen molar-refractivity contribution in [2.45, 2.75) is 19.3 Å². The van der Waals surface area contributed by atoms with Crippen LogP contribution in [-0.2, 0) is 6.42 Å². The molecule has 0 aliphatic heterocycles. The van der Waals surface area contributed by atoms with Crippen molar-refractivity contribution in [3.05, 3.63) is 71.0 Å². The van der Waals surface area contributed by atoms with Crippen LogP contribution in [0.15, 0.2) is 53.6 Å². The van der Waals surface area contributed by atoms with Crippen molar-refractivity contribution in [2.75, 3.05) is 0 Å².